The average Bonchev–Trinajstić information content (AvgIpc) is 3.52. The molecule has 16 nitrogen and oxygen atoms in total. The Bertz CT molecular complexity index is 1580. The van der Waals surface area contributed by atoms with Gasteiger partial charge >= 0.3 is 0 Å². The van der Waals surface area contributed by atoms with Crippen LogP contribution in [0.4, 0.5) is 5.82 Å². The average molecular weight is 808 g/mol. The van der Waals surface area contributed by atoms with Crippen LogP contribution in [0.25, 0.3) is 21.9 Å². The molecule has 0 aliphatic heterocycles. The normalized spacial score (nSPS) is 11.6. The van der Waals surface area contributed by atoms with Gasteiger partial charge in [0, 0.05) is 50.2 Å². The lowest BCUT2D eigenvalue weighted by Gasteiger charge is -2.24. The van der Waals surface area contributed by atoms with Crippen LogP contribution in [0.1, 0.15) is 66.6 Å². The number of ether oxygens (including phenoxy) is 4. The zero-order valence-corrected chi connectivity index (χ0v) is 35.2. The molecule has 0 saturated carbocycles. The number of para-hydroxylation sites is 1. The molecule has 0 saturated heterocycles. The zero-order chi connectivity index (χ0) is 41.9. The summed E-state index contributed by atoms with van der Waals surface area (Å²) in [5.41, 5.74) is 7.34. The highest BCUT2D eigenvalue weighted by atomic mass is 32.1. The summed E-state index contributed by atoms with van der Waals surface area (Å²) in [5, 5.41) is 14.6. The van der Waals surface area contributed by atoms with Crippen molar-refractivity contribution in [2.24, 2.45) is 0 Å². The van der Waals surface area contributed by atoms with E-state index in [0.29, 0.717) is 95.9 Å². The number of hydrogen-bond donors (Lipinski definition) is 4. The highest BCUT2D eigenvalue weighted by Crippen LogP contribution is 2.30. The molecule has 3 rings (SSSR count). The number of thiol groups is 1. The maximum Gasteiger partial charge on any atom is 0.225 e. The molecular formula is C39H65N7O9S. The number of nitrogens with zero attached hydrogens (tertiary/aromatic N) is 5. The molecule has 3 amide bonds. The summed E-state index contributed by atoms with van der Waals surface area (Å²) in [6.07, 6.45) is 2.57. The number of nitrogen functional groups attached to an aromatic ring is 1. The van der Waals surface area contributed by atoms with Crippen LogP contribution in [-0.4, -0.2) is 144 Å². The van der Waals surface area contributed by atoms with Gasteiger partial charge in [-0.1, -0.05) is 39.0 Å². The molecule has 2 heterocycles. The van der Waals surface area contributed by atoms with E-state index in [1.165, 1.54) is 4.90 Å². The number of rotatable bonds is 26. The summed E-state index contributed by atoms with van der Waals surface area (Å²) in [6.45, 7) is 16.0. The predicted octanol–water partition coefficient (Wildman–Crippen LogP) is 3.26. The number of hydrogen-bond acceptors (Lipinski definition) is 13. The fraction of sp³-hybridized carbons (Fsp3) is 0.641. The number of carbonyl (C=O) groups is 4. The number of aromatic nitrogens is 3. The second-order valence-corrected chi connectivity index (χ2v) is 14.1. The molecule has 1 aromatic carbocycles. The number of nitrogens with two attached hydrogens (primary N) is 1. The number of benzene rings is 1. The summed E-state index contributed by atoms with van der Waals surface area (Å²) in [6, 6.07) is 7.67. The van der Waals surface area contributed by atoms with Crippen LogP contribution in [0.5, 0.6) is 0 Å². The molecule has 0 aliphatic rings. The molecule has 0 aliphatic carbocycles. The first kappa shape index (κ1) is 50.1. The van der Waals surface area contributed by atoms with E-state index in [1.807, 2.05) is 56.5 Å². The van der Waals surface area contributed by atoms with Gasteiger partial charge in [-0.2, -0.15) is 12.6 Å². The first-order valence-electron chi connectivity index (χ1n) is 19.2. The second-order valence-electron chi connectivity index (χ2n) is 13.2. The van der Waals surface area contributed by atoms with Crippen molar-refractivity contribution in [2.45, 2.75) is 84.7 Å². The van der Waals surface area contributed by atoms with Crippen LogP contribution in [0.15, 0.2) is 24.3 Å². The number of carbonyl (C=O) groups excluding carboxylic acids is 4. The molecule has 0 radical (unpaired) electrons. The quantitative estimate of drug-likeness (QED) is 0.0525. The van der Waals surface area contributed by atoms with Crippen molar-refractivity contribution in [1.29, 1.82) is 0 Å². The monoisotopic (exact) mass is 807 g/mol. The molecule has 4 N–H and O–H groups in total. The lowest BCUT2D eigenvalue weighted by Crippen LogP contribution is -2.34. The van der Waals surface area contributed by atoms with Crippen molar-refractivity contribution in [3.63, 3.8) is 0 Å². The Morgan fingerprint density at radius 3 is 2.11 bits per heavy atom. The highest BCUT2D eigenvalue weighted by molar-refractivity contribution is 7.80. The van der Waals surface area contributed by atoms with Gasteiger partial charge < -0.3 is 54.3 Å². The molecule has 316 valence electrons. The number of fused-ring (bicyclic) bond motifs is 3. The Labute approximate surface area is 337 Å². The highest BCUT2D eigenvalue weighted by Gasteiger charge is 2.24. The molecule has 0 spiro atoms. The maximum absolute atomic E-state index is 13.1. The minimum Gasteiger partial charge on any atom is -0.389 e. The SMILES string of the molecule is CC.CC(S)CC=O.CCN(Cc1nc2c(N)nc3ccccc3c2n1CC(C)(C)O)C(=O)CCOCCOCCOCCOCCNC(=O)CCN(C)C=O. The van der Waals surface area contributed by atoms with Crippen LogP contribution in [0, 0.1) is 0 Å². The molecule has 0 fully saturated rings. The van der Waals surface area contributed by atoms with Crippen molar-refractivity contribution in [3.05, 3.63) is 30.1 Å². The van der Waals surface area contributed by atoms with E-state index in [4.69, 9.17) is 29.7 Å². The van der Waals surface area contributed by atoms with Crippen molar-refractivity contribution >= 4 is 64.9 Å². The zero-order valence-electron chi connectivity index (χ0n) is 34.3. The van der Waals surface area contributed by atoms with Crippen LogP contribution >= 0.6 is 12.6 Å². The van der Waals surface area contributed by atoms with Gasteiger partial charge in [0.05, 0.1) is 89.0 Å². The summed E-state index contributed by atoms with van der Waals surface area (Å²) >= 11 is 3.95. The van der Waals surface area contributed by atoms with Gasteiger partial charge in [0.1, 0.15) is 17.6 Å². The third kappa shape index (κ3) is 19.8. The second kappa shape index (κ2) is 28.5. The summed E-state index contributed by atoms with van der Waals surface area (Å²) < 4.78 is 24.0. The fourth-order valence-electron chi connectivity index (χ4n) is 5.03. The van der Waals surface area contributed by atoms with Crippen LogP contribution in [-0.2, 0) is 51.2 Å². The molecule has 1 atom stereocenters. The van der Waals surface area contributed by atoms with Gasteiger partial charge in [-0.25, -0.2) is 9.97 Å². The van der Waals surface area contributed by atoms with E-state index in [-0.39, 0.29) is 49.6 Å². The Morgan fingerprint density at radius 1 is 0.982 bits per heavy atom. The smallest absolute Gasteiger partial charge is 0.225 e. The topological polar surface area (TPSA) is 201 Å². The number of imidazole rings is 1. The largest absolute Gasteiger partial charge is 0.389 e. The molecule has 17 heteroatoms. The molecular weight excluding hydrogens is 743 g/mol. The minimum atomic E-state index is -1.03. The van der Waals surface area contributed by atoms with E-state index in [9.17, 15) is 24.3 Å². The lowest BCUT2D eigenvalue weighted by molar-refractivity contribution is -0.133. The Balaban J connectivity index is 0.00000178. The van der Waals surface area contributed by atoms with Crippen LogP contribution < -0.4 is 11.1 Å². The minimum absolute atomic E-state index is 0.0725. The van der Waals surface area contributed by atoms with Crippen molar-refractivity contribution < 1.29 is 43.2 Å². The van der Waals surface area contributed by atoms with Crippen molar-refractivity contribution in [3.8, 4) is 0 Å². The third-order valence-corrected chi connectivity index (χ3v) is 7.97. The van der Waals surface area contributed by atoms with Gasteiger partial charge in [0.2, 0.25) is 18.2 Å². The van der Waals surface area contributed by atoms with Crippen molar-refractivity contribution in [2.75, 3.05) is 85.3 Å². The molecule has 3 aromatic rings. The van der Waals surface area contributed by atoms with Gasteiger partial charge in [-0.15, -0.1) is 0 Å². The maximum atomic E-state index is 13.1. The number of anilines is 1. The van der Waals surface area contributed by atoms with Gasteiger partial charge in [-0.05, 0) is 26.8 Å². The van der Waals surface area contributed by atoms with E-state index in [1.54, 1.807) is 25.8 Å². The lowest BCUT2D eigenvalue weighted by atomic mass is 10.1. The van der Waals surface area contributed by atoms with E-state index in [2.05, 4.69) is 22.9 Å². The van der Waals surface area contributed by atoms with Crippen LogP contribution in [0.2, 0.25) is 0 Å². The van der Waals surface area contributed by atoms with Gasteiger partial charge in [-0.3, -0.25) is 14.4 Å². The number of aldehydes is 1. The third-order valence-electron chi connectivity index (χ3n) is 7.75. The Morgan fingerprint density at radius 2 is 1.57 bits per heavy atom. The van der Waals surface area contributed by atoms with Gasteiger partial charge in [0.15, 0.2) is 5.82 Å². The molecule has 56 heavy (non-hydrogen) atoms. The standard InChI is InChI=1S/C33H51N7O8.C4H8OS.C2H6/c1-5-39(22-27-37-30-31(40(27)23-33(2,3)44)25-8-6-7-9-26(25)36-32(30)34)29(43)11-14-45-16-18-47-20-21-48-19-17-46-15-12-35-28(42)10-13-38(4)24-41;1-4(6)2-3-5;1-2/h6-9,24,44H,5,10-23H2,1-4H3,(H2,34,36)(H,35,42);3-4,6H,2H2,1H3;1-2H3. The van der Waals surface area contributed by atoms with Crippen molar-refractivity contribution in [1.82, 2.24) is 29.7 Å². The summed E-state index contributed by atoms with van der Waals surface area (Å²) in [5.74, 6) is 0.722. The number of aliphatic hydroxyl groups is 1. The molecule has 2 aromatic heterocycles. The Hall–Kier alpha value is -3.87. The predicted molar refractivity (Wildman–Crippen MR) is 222 cm³/mol. The number of nitrogens with one attached hydrogen (secondary N) is 1. The number of pyridine rings is 1. The van der Waals surface area contributed by atoms with E-state index in [0.717, 1.165) is 22.7 Å². The molecule has 0 bridgehead atoms. The summed E-state index contributed by atoms with van der Waals surface area (Å²) in [7, 11) is 1.62. The Kier molecular flexibility index (Phi) is 25.5. The first-order chi connectivity index (χ1) is 26.8. The van der Waals surface area contributed by atoms with Gasteiger partial charge in [0.25, 0.3) is 0 Å². The number of amides is 3. The first-order valence-corrected chi connectivity index (χ1v) is 19.7. The molecule has 1 unspecified atom stereocenters. The fourth-order valence-corrected chi connectivity index (χ4v) is 5.12. The van der Waals surface area contributed by atoms with E-state index >= 15 is 0 Å². The summed E-state index contributed by atoms with van der Waals surface area (Å²) in [4.78, 5) is 57.2. The van der Waals surface area contributed by atoms with E-state index < -0.39 is 5.60 Å². The van der Waals surface area contributed by atoms with Crippen LogP contribution in [0.3, 0.4) is 0 Å².